The number of nitrogens with zero attached hydrogens (tertiary/aromatic N) is 3. The number of hydrogen-bond acceptors (Lipinski definition) is 7. The van der Waals surface area contributed by atoms with Crippen LogP contribution in [0.5, 0.6) is 0 Å². The zero-order chi connectivity index (χ0) is 24.2. The number of aryl methyl sites for hydroxylation is 2. The number of amides is 1. The Labute approximate surface area is 218 Å². The molecule has 0 spiro atoms. The van der Waals surface area contributed by atoms with Gasteiger partial charge in [0, 0.05) is 15.6 Å². The van der Waals surface area contributed by atoms with Crippen LogP contribution in [0.1, 0.15) is 29.0 Å². The van der Waals surface area contributed by atoms with Crippen molar-refractivity contribution in [2.45, 2.75) is 30.8 Å². The van der Waals surface area contributed by atoms with Crippen molar-refractivity contribution in [2.24, 2.45) is 5.10 Å². The number of thiophene rings is 1. The van der Waals surface area contributed by atoms with Crippen LogP contribution in [0, 0.1) is 0 Å². The van der Waals surface area contributed by atoms with E-state index in [9.17, 15) is 9.59 Å². The van der Waals surface area contributed by atoms with Gasteiger partial charge in [-0.25, -0.2) is 10.4 Å². The lowest BCUT2D eigenvalue weighted by molar-refractivity contribution is -0.118. The third kappa shape index (κ3) is 5.34. The van der Waals surface area contributed by atoms with Gasteiger partial charge in [0.1, 0.15) is 10.6 Å². The summed E-state index contributed by atoms with van der Waals surface area (Å²) in [6, 6.07) is 11.1. The standard InChI is InChI=1S/C25H21BrN4O3S2/c26-16-9-11-17(12-10-16)30-24(32)22-19-7-1-2-8-20(19)35-23(22)28-25(30)34-15-21(31)29-27-13-3-5-18-6-4-14-33-18/h3-6,9-14H,1-2,7-8,15H2,(H,29,31). The number of hydrogen-bond donors (Lipinski definition) is 1. The van der Waals surface area contributed by atoms with Crippen molar-refractivity contribution < 1.29 is 9.21 Å². The van der Waals surface area contributed by atoms with Crippen molar-refractivity contribution in [1.29, 1.82) is 0 Å². The van der Waals surface area contributed by atoms with E-state index in [0.717, 1.165) is 45.9 Å². The SMILES string of the molecule is O=C(CSc1nc2sc3c(c2c(=O)n1-c1ccc(Br)cc1)CCCC3)NN=CC=Cc1ccco1. The molecule has 1 amide bonds. The second-order valence-electron chi connectivity index (χ2n) is 7.88. The van der Waals surface area contributed by atoms with Crippen LogP contribution in [-0.4, -0.2) is 27.4 Å². The largest absolute Gasteiger partial charge is 0.465 e. The molecular weight excluding hydrogens is 548 g/mol. The molecule has 5 rings (SSSR count). The number of fused-ring (bicyclic) bond motifs is 3. The first-order valence-corrected chi connectivity index (χ1v) is 13.7. The third-order valence-electron chi connectivity index (χ3n) is 5.53. The maximum atomic E-state index is 13.7. The van der Waals surface area contributed by atoms with Gasteiger partial charge in [-0.3, -0.25) is 14.2 Å². The molecule has 7 nitrogen and oxygen atoms in total. The fourth-order valence-corrected chi connectivity index (χ4v) is 6.31. The van der Waals surface area contributed by atoms with Crippen molar-refractivity contribution in [2.75, 3.05) is 5.75 Å². The topological polar surface area (TPSA) is 89.5 Å². The van der Waals surface area contributed by atoms with E-state index >= 15 is 0 Å². The Bertz CT molecular complexity index is 1470. The van der Waals surface area contributed by atoms with Crippen LogP contribution < -0.4 is 11.0 Å². The lowest BCUT2D eigenvalue weighted by Crippen LogP contribution is -2.24. The smallest absolute Gasteiger partial charge is 0.267 e. The van der Waals surface area contributed by atoms with E-state index in [1.165, 1.54) is 22.9 Å². The van der Waals surface area contributed by atoms with Crippen molar-refractivity contribution in [1.82, 2.24) is 15.0 Å². The van der Waals surface area contributed by atoms with Crippen molar-refractivity contribution in [3.8, 4) is 5.69 Å². The Morgan fingerprint density at radius 1 is 1.26 bits per heavy atom. The average Bonchev–Trinajstić information content (AvgIpc) is 3.51. The highest BCUT2D eigenvalue weighted by atomic mass is 79.9. The average molecular weight is 570 g/mol. The molecule has 1 N–H and O–H groups in total. The van der Waals surface area contributed by atoms with Crippen LogP contribution >= 0.6 is 39.0 Å². The van der Waals surface area contributed by atoms with E-state index in [0.29, 0.717) is 16.6 Å². The number of carbonyl (C=O) groups is 1. The Balaban J connectivity index is 1.39. The van der Waals surface area contributed by atoms with E-state index in [1.54, 1.807) is 40.4 Å². The minimum absolute atomic E-state index is 0.0683. The highest BCUT2D eigenvalue weighted by Gasteiger charge is 2.23. The second-order valence-corrected chi connectivity index (χ2v) is 10.8. The van der Waals surface area contributed by atoms with Gasteiger partial charge in [-0.1, -0.05) is 27.7 Å². The summed E-state index contributed by atoms with van der Waals surface area (Å²) in [5.41, 5.74) is 4.28. The van der Waals surface area contributed by atoms with Crippen molar-refractivity contribution >= 4 is 67.4 Å². The van der Waals surface area contributed by atoms with Gasteiger partial charge in [0.2, 0.25) is 0 Å². The van der Waals surface area contributed by atoms with Gasteiger partial charge in [-0.15, -0.1) is 11.3 Å². The Morgan fingerprint density at radius 3 is 2.89 bits per heavy atom. The first-order chi connectivity index (χ1) is 17.1. The van der Waals surface area contributed by atoms with Gasteiger partial charge >= 0.3 is 0 Å². The Kier molecular flexibility index (Phi) is 7.31. The van der Waals surface area contributed by atoms with Gasteiger partial charge in [-0.05, 0) is 79.8 Å². The van der Waals surface area contributed by atoms with Gasteiger partial charge < -0.3 is 4.42 Å². The van der Waals surface area contributed by atoms with Crippen molar-refractivity contribution in [3.63, 3.8) is 0 Å². The number of carbonyl (C=O) groups excluding carboxylic acids is 1. The number of aromatic nitrogens is 2. The van der Waals surface area contributed by atoms with Gasteiger partial charge in [0.15, 0.2) is 5.16 Å². The summed E-state index contributed by atoms with van der Waals surface area (Å²) in [6.45, 7) is 0. The van der Waals surface area contributed by atoms with Crippen LogP contribution in [0.25, 0.3) is 22.0 Å². The van der Waals surface area contributed by atoms with E-state index < -0.39 is 0 Å². The minimum atomic E-state index is -0.292. The summed E-state index contributed by atoms with van der Waals surface area (Å²) in [6.07, 6.45) is 10.6. The zero-order valence-electron chi connectivity index (χ0n) is 18.6. The van der Waals surface area contributed by atoms with E-state index in [4.69, 9.17) is 9.40 Å². The molecule has 0 saturated carbocycles. The Hall–Kier alpha value is -2.95. The number of furan rings is 1. The van der Waals surface area contributed by atoms with Crippen LogP contribution in [0.3, 0.4) is 0 Å². The first kappa shape index (κ1) is 23.8. The lowest BCUT2D eigenvalue weighted by atomic mass is 9.97. The lowest BCUT2D eigenvalue weighted by Gasteiger charge is -2.13. The minimum Gasteiger partial charge on any atom is -0.465 e. The number of nitrogens with one attached hydrogen (secondary N) is 1. The molecule has 0 atom stereocenters. The predicted molar refractivity (Wildman–Crippen MR) is 145 cm³/mol. The fourth-order valence-electron chi connectivity index (χ4n) is 3.94. The molecular formula is C25H21BrN4O3S2. The summed E-state index contributed by atoms with van der Waals surface area (Å²) in [4.78, 5) is 33.0. The monoisotopic (exact) mass is 568 g/mol. The second kappa shape index (κ2) is 10.8. The van der Waals surface area contributed by atoms with E-state index in [1.807, 2.05) is 30.3 Å². The summed E-state index contributed by atoms with van der Waals surface area (Å²) >= 11 is 6.27. The number of allylic oxidation sites excluding steroid dienone is 1. The molecule has 3 aromatic heterocycles. The van der Waals surface area contributed by atoms with Crippen LogP contribution in [0.15, 0.2) is 72.7 Å². The zero-order valence-corrected chi connectivity index (χ0v) is 21.8. The molecule has 0 aliphatic heterocycles. The summed E-state index contributed by atoms with van der Waals surface area (Å²) in [5.74, 6) is 0.472. The van der Waals surface area contributed by atoms with E-state index in [2.05, 4.69) is 26.5 Å². The van der Waals surface area contributed by atoms with Crippen LogP contribution in [0.2, 0.25) is 0 Å². The number of thioether (sulfide) groups is 1. The summed E-state index contributed by atoms with van der Waals surface area (Å²) < 4.78 is 7.73. The van der Waals surface area contributed by atoms with Gasteiger partial charge in [0.25, 0.3) is 11.5 Å². The van der Waals surface area contributed by atoms with Crippen LogP contribution in [-0.2, 0) is 17.6 Å². The molecule has 0 saturated heterocycles. The molecule has 0 unspecified atom stereocenters. The maximum Gasteiger partial charge on any atom is 0.267 e. The van der Waals surface area contributed by atoms with E-state index in [-0.39, 0.29) is 17.2 Å². The summed E-state index contributed by atoms with van der Waals surface area (Å²) in [5, 5.41) is 5.13. The number of halogens is 1. The summed E-state index contributed by atoms with van der Waals surface area (Å²) in [7, 11) is 0. The molecule has 0 bridgehead atoms. The normalized spacial score (nSPS) is 13.6. The molecule has 1 aliphatic rings. The molecule has 1 aliphatic carbocycles. The van der Waals surface area contributed by atoms with Crippen LogP contribution in [0.4, 0.5) is 0 Å². The number of rotatable bonds is 7. The molecule has 0 fully saturated rings. The molecule has 3 heterocycles. The highest BCUT2D eigenvalue weighted by molar-refractivity contribution is 9.10. The maximum absolute atomic E-state index is 13.7. The number of benzene rings is 1. The molecule has 0 radical (unpaired) electrons. The number of hydrazone groups is 1. The molecule has 4 aromatic rings. The van der Waals surface area contributed by atoms with Gasteiger partial charge in [-0.2, -0.15) is 5.10 Å². The fraction of sp³-hybridized carbons (Fsp3) is 0.200. The van der Waals surface area contributed by atoms with Gasteiger partial charge in [0.05, 0.1) is 23.1 Å². The highest BCUT2D eigenvalue weighted by Crippen LogP contribution is 2.35. The first-order valence-electron chi connectivity index (χ1n) is 11.1. The third-order valence-corrected chi connectivity index (χ3v) is 8.18. The van der Waals surface area contributed by atoms with Crippen molar-refractivity contribution in [3.05, 3.63) is 79.8 Å². The molecule has 1 aromatic carbocycles. The molecule has 35 heavy (non-hydrogen) atoms. The Morgan fingerprint density at radius 2 is 2.09 bits per heavy atom. The quantitative estimate of drug-likeness (QED) is 0.136. The predicted octanol–water partition coefficient (Wildman–Crippen LogP) is 5.59. The molecule has 178 valence electrons. The molecule has 10 heteroatoms.